The Morgan fingerprint density at radius 1 is 1.02 bits per heavy atom. The molecule has 0 spiro atoms. The number of thioether (sulfide) groups is 1. The first-order chi connectivity index (χ1) is 20.0. The Bertz CT molecular complexity index is 1660. The number of halogens is 1. The number of rotatable bonds is 8. The maximum atomic E-state index is 13.6. The molecule has 2 aromatic carbocycles. The molecule has 0 unspecified atom stereocenters. The topological polar surface area (TPSA) is 123 Å². The largest absolute Gasteiger partial charge is 0.461 e. The van der Waals surface area contributed by atoms with Crippen LogP contribution in [-0.2, 0) is 5.75 Å². The van der Waals surface area contributed by atoms with Crippen molar-refractivity contribution < 1.29 is 18.5 Å². The van der Waals surface area contributed by atoms with E-state index in [1.165, 1.54) is 47.4 Å². The van der Waals surface area contributed by atoms with Gasteiger partial charge in [0.2, 0.25) is 5.82 Å². The van der Waals surface area contributed by atoms with Crippen molar-refractivity contribution in [3.05, 3.63) is 98.9 Å². The Balaban J connectivity index is 1.10. The molecule has 0 saturated carbocycles. The SMILES string of the molecule is O=C(c1csc(CSc2nnc(-c3ccco3)n2-c2ccc(F)cc2)n1)N1CCN(c2ccc([N+](=O)[O-])cc2)CC1. The zero-order valence-electron chi connectivity index (χ0n) is 21.4. The lowest BCUT2D eigenvalue weighted by Crippen LogP contribution is -2.48. The van der Waals surface area contributed by atoms with Crippen molar-refractivity contribution in [1.82, 2.24) is 24.6 Å². The summed E-state index contributed by atoms with van der Waals surface area (Å²) in [5, 5.41) is 22.6. The van der Waals surface area contributed by atoms with Gasteiger partial charge in [0, 0.05) is 49.4 Å². The van der Waals surface area contributed by atoms with Crippen LogP contribution in [0.15, 0.2) is 81.9 Å². The number of piperazine rings is 1. The monoisotopic (exact) mass is 591 g/mol. The third-order valence-corrected chi connectivity index (χ3v) is 8.52. The number of hydrogen-bond acceptors (Lipinski definition) is 10. The summed E-state index contributed by atoms with van der Waals surface area (Å²) in [7, 11) is 0. The summed E-state index contributed by atoms with van der Waals surface area (Å²) in [6, 6.07) is 16.0. The van der Waals surface area contributed by atoms with Gasteiger partial charge in [-0.1, -0.05) is 11.8 Å². The minimum absolute atomic E-state index is 0.0497. The quantitative estimate of drug-likeness (QED) is 0.135. The minimum Gasteiger partial charge on any atom is -0.461 e. The Hall–Kier alpha value is -4.56. The highest BCUT2D eigenvalue weighted by Crippen LogP contribution is 2.31. The highest BCUT2D eigenvalue weighted by atomic mass is 32.2. The molecule has 0 N–H and O–H groups in total. The summed E-state index contributed by atoms with van der Waals surface area (Å²) in [6.45, 7) is 2.28. The summed E-state index contributed by atoms with van der Waals surface area (Å²) < 4.78 is 20.9. The lowest BCUT2D eigenvalue weighted by Gasteiger charge is -2.35. The smallest absolute Gasteiger partial charge is 0.273 e. The number of non-ortho nitro benzene ring substituents is 1. The molecule has 0 radical (unpaired) electrons. The molecule has 0 bridgehead atoms. The van der Waals surface area contributed by atoms with Gasteiger partial charge in [-0.05, 0) is 48.5 Å². The van der Waals surface area contributed by atoms with E-state index >= 15 is 0 Å². The van der Waals surface area contributed by atoms with E-state index in [0.717, 1.165) is 10.7 Å². The molecule has 6 rings (SSSR count). The second-order valence-electron chi connectivity index (χ2n) is 9.06. The number of thiazole rings is 1. The van der Waals surface area contributed by atoms with Crippen LogP contribution in [0.3, 0.4) is 0 Å². The molecule has 1 aliphatic rings. The number of hydrogen-bond donors (Lipinski definition) is 0. The van der Waals surface area contributed by atoms with E-state index in [2.05, 4.69) is 20.1 Å². The number of amides is 1. The van der Waals surface area contributed by atoms with E-state index in [0.29, 0.717) is 60.1 Å². The maximum absolute atomic E-state index is 13.6. The lowest BCUT2D eigenvalue weighted by atomic mass is 10.2. The van der Waals surface area contributed by atoms with Crippen LogP contribution < -0.4 is 4.90 Å². The number of carbonyl (C=O) groups is 1. The molecule has 41 heavy (non-hydrogen) atoms. The van der Waals surface area contributed by atoms with Gasteiger partial charge in [0.05, 0.1) is 22.6 Å². The number of nitro benzene ring substituents is 1. The van der Waals surface area contributed by atoms with Crippen molar-refractivity contribution in [2.24, 2.45) is 0 Å². The van der Waals surface area contributed by atoms with E-state index in [-0.39, 0.29) is 17.4 Å². The van der Waals surface area contributed by atoms with Crippen LogP contribution >= 0.6 is 23.1 Å². The average molecular weight is 592 g/mol. The third-order valence-electron chi connectivity index (χ3n) is 6.55. The van der Waals surface area contributed by atoms with E-state index in [9.17, 15) is 19.3 Å². The molecule has 1 fully saturated rings. The van der Waals surface area contributed by atoms with Crippen molar-refractivity contribution in [1.29, 1.82) is 0 Å². The highest BCUT2D eigenvalue weighted by Gasteiger charge is 2.25. The van der Waals surface area contributed by atoms with Gasteiger partial charge in [-0.3, -0.25) is 19.5 Å². The molecular formula is C27H22FN7O4S2. The fourth-order valence-electron chi connectivity index (χ4n) is 4.47. The van der Waals surface area contributed by atoms with E-state index in [4.69, 9.17) is 4.42 Å². The molecule has 0 aliphatic carbocycles. The molecule has 208 valence electrons. The number of nitro groups is 1. The summed E-state index contributed by atoms with van der Waals surface area (Å²) in [5.74, 6) is 1.01. The lowest BCUT2D eigenvalue weighted by molar-refractivity contribution is -0.384. The maximum Gasteiger partial charge on any atom is 0.273 e. The first kappa shape index (κ1) is 26.7. The summed E-state index contributed by atoms with van der Waals surface area (Å²) in [6.07, 6.45) is 1.55. The molecule has 11 nitrogen and oxygen atoms in total. The first-order valence-electron chi connectivity index (χ1n) is 12.6. The predicted octanol–water partition coefficient (Wildman–Crippen LogP) is 5.29. The van der Waals surface area contributed by atoms with E-state index < -0.39 is 4.92 Å². The Labute approximate surface area is 241 Å². The van der Waals surface area contributed by atoms with Crippen LogP contribution in [-0.4, -0.2) is 61.7 Å². The second-order valence-corrected chi connectivity index (χ2v) is 10.9. The molecule has 14 heteroatoms. The Morgan fingerprint density at radius 2 is 1.76 bits per heavy atom. The number of aromatic nitrogens is 4. The Morgan fingerprint density at radius 3 is 2.44 bits per heavy atom. The number of anilines is 1. The zero-order valence-corrected chi connectivity index (χ0v) is 23.1. The van der Waals surface area contributed by atoms with E-state index in [1.807, 2.05) is 0 Å². The van der Waals surface area contributed by atoms with Crippen molar-refractivity contribution in [2.75, 3.05) is 31.1 Å². The summed E-state index contributed by atoms with van der Waals surface area (Å²) in [4.78, 5) is 32.1. The van der Waals surface area contributed by atoms with Crippen molar-refractivity contribution >= 4 is 40.4 Å². The molecule has 0 atom stereocenters. The number of carbonyl (C=O) groups excluding carboxylic acids is 1. The van der Waals surface area contributed by atoms with Gasteiger partial charge in [-0.25, -0.2) is 9.37 Å². The summed E-state index contributed by atoms with van der Waals surface area (Å²) >= 11 is 2.81. The fraction of sp³-hybridized carbons (Fsp3) is 0.185. The van der Waals surface area contributed by atoms with Gasteiger partial charge in [0.1, 0.15) is 16.5 Å². The molecule has 1 amide bonds. The highest BCUT2D eigenvalue weighted by molar-refractivity contribution is 7.98. The average Bonchev–Trinajstić information content (AvgIpc) is 3.78. The molecule has 4 heterocycles. The van der Waals surface area contributed by atoms with Gasteiger partial charge in [-0.2, -0.15) is 0 Å². The van der Waals surface area contributed by atoms with Crippen LogP contribution in [0.2, 0.25) is 0 Å². The predicted molar refractivity (Wildman–Crippen MR) is 152 cm³/mol. The standard InChI is InChI=1S/C27H22FN7O4S2/c28-18-3-5-20(6-4-18)34-25(23-2-1-15-39-23)30-31-27(34)41-17-24-29-22(16-40-24)26(36)33-13-11-32(12-14-33)19-7-9-21(10-8-19)35(37)38/h1-10,15-16H,11-14,17H2. The van der Waals surface area contributed by atoms with Crippen LogP contribution in [0.4, 0.5) is 15.8 Å². The van der Waals surface area contributed by atoms with Gasteiger partial charge in [-0.15, -0.1) is 21.5 Å². The molecule has 3 aromatic heterocycles. The van der Waals surface area contributed by atoms with Gasteiger partial charge in [0.25, 0.3) is 11.6 Å². The minimum atomic E-state index is -0.421. The van der Waals surface area contributed by atoms with Gasteiger partial charge in [0.15, 0.2) is 10.9 Å². The van der Waals surface area contributed by atoms with E-state index in [1.54, 1.807) is 57.5 Å². The van der Waals surface area contributed by atoms with Crippen LogP contribution in [0.25, 0.3) is 17.3 Å². The fourth-order valence-corrected chi connectivity index (χ4v) is 6.21. The zero-order chi connectivity index (χ0) is 28.3. The third kappa shape index (κ3) is 5.69. The van der Waals surface area contributed by atoms with Gasteiger partial charge < -0.3 is 14.2 Å². The molecule has 5 aromatic rings. The number of nitrogens with zero attached hydrogens (tertiary/aromatic N) is 7. The van der Waals surface area contributed by atoms with Crippen LogP contribution in [0, 0.1) is 15.9 Å². The van der Waals surface area contributed by atoms with Crippen molar-refractivity contribution in [3.8, 4) is 17.3 Å². The van der Waals surface area contributed by atoms with Gasteiger partial charge >= 0.3 is 0 Å². The summed E-state index contributed by atoms with van der Waals surface area (Å²) in [5.41, 5.74) is 2.02. The second kappa shape index (κ2) is 11.5. The van der Waals surface area contributed by atoms with Crippen LogP contribution in [0.1, 0.15) is 15.5 Å². The normalized spacial score (nSPS) is 13.5. The number of benzene rings is 2. The molecular weight excluding hydrogens is 569 g/mol. The number of furan rings is 1. The Kier molecular flexibility index (Phi) is 7.48. The first-order valence-corrected chi connectivity index (χ1v) is 14.4. The van der Waals surface area contributed by atoms with Crippen molar-refractivity contribution in [3.63, 3.8) is 0 Å². The molecule has 1 saturated heterocycles. The molecule has 1 aliphatic heterocycles. The van der Waals surface area contributed by atoms with Crippen LogP contribution in [0.5, 0.6) is 0 Å². The van der Waals surface area contributed by atoms with Crippen molar-refractivity contribution in [2.45, 2.75) is 10.9 Å².